The number of nitrogens with zero attached hydrogens (tertiary/aromatic N) is 2. The van der Waals surface area contributed by atoms with Gasteiger partial charge in [-0.25, -0.2) is 9.59 Å². The summed E-state index contributed by atoms with van der Waals surface area (Å²) in [4.78, 5) is 40.9. The summed E-state index contributed by atoms with van der Waals surface area (Å²) in [6, 6.07) is 13.4. The average Bonchev–Trinajstić information content (AvgIpc) is 3.31. The molecule has 9 nitrogen and oxygen atoms in total. The zero-order chi connectivity index (χ0) is 26.9. The number of methoxy groups -OCH3 is 1. The minimum Gasteiger partial charge on any atom is -0.481 e. The highest BCUT2D eigenvalue weighted by Crippen LogP contribution is 2.53. The van der Waals surface area contributed by atoms with E-state index < -0.39 is 30.1 Å². The molecule has 1 amide bonds. The molecule has 0 radical (unpaired) electrons. The first-order valence-corrected chi connectivity index (χ1v) is 12.6. The second-order valence-corrected chi connectivity index (χ2v) is 10.3. The van der Waals surface area contributed by atoms with Crippen LogP contribution in [0.3, 0.4) is 0 Å². The molecule has 38 heavy (non-hydrogen) atoms. The lowest BCUT2D eigenvalue weighted by atomic mass is 9.86. The first-order valence-electron chi connectivity index (χ1n) is 12.6. The molecule has 2 atom stereocenters. The normalized spacial score (nSPS) is 19.4. The van der Waals surface area contributed by atoms with Crippen LogP contribution in [0.1, 0.15) is 38.9 Å². The standard InChI is InChI=1S/C29H28N2O7/c1-6-11-31(27(33)35-5)20-14-18-22(21-24(20)38-29(2,3)26-25(21)36-28(34)37-26)30(4)19-13-16-10-8-7-9-15(16)12-17(19)23(18)32/h7-10,12-14,25-26H,6,11H2,1-5H3/t25-,26-/m0/s1. The Balaban J connectivity index is 1.79. The van der Waals surface area contributed by atoms with Gasteiger partial charge in [-0.15, -0.1) is 0 Å². The van der Waals surface area contributed by atoms with E-state index in [-0.39, 0.29) is 5.43 Å². The Labute approximate surface area is 218 Å². The minimum atomic E-state index is -0.966. The van der Waals surface area contributed by atoms with E-state index in [4.69, 9.17) is 18.9 Å². The molecule has 0 N–H and O–H groups in total. The molecule has 3 heterocycles. The van der Waals surface area contributed by atoms with Crippen molar-refractivity contribution in [2.45, 2.75) is 45.0 Å². The fraction of sp³-hybridized carbons (Fsp3) is 0.345. The Morgan fingerprint density at radius 2 is 1.79 bits per heavy atom. The number of fused-ring (bicyclic) bond motifs is 7. The second-order valence-electron chi connectivity index (χ2n) is 10.3. The Kier molecular flexibility index (Phi) is 5.31. The van der Waals surface area contributed by atoms with E-state index in [2.05, 4.69) is 0 Å². The zero-order valence-electron chi connectivity index (χ0n) is 21.9. The lowest BCUT2D eigenvalue weighted by Gasteiger charge is -2.40. The van der Waals surface area contributed by atoms with Crippen LogP contribution in [0.25, 0.3) is 32.6 Å². The number of carbonyl (C=O) groups excluding carboxylic acids is 2. The van der Waals surface area contributed by atoms with Crippen molar-refractivity contribution in [1.82, 2.24) is 4.57 Å². The third kappa shape index (κ3) is 3.34. The van der Waals surface area contributed by atoms with E-state index in [1.165, 1.54) is 12.0 Å². The van der Waals surface area contributed by atoms with Crippen molar-refractivity contribution in [3.05, 3.63) is 58.3 Å². The van der Waals surface area contributed by atoms with Crippen molar-refractivity contribution < 1.29 is 28.5 Å². The van der Waals surface area contributed by atoms with Crippen LogP contribution in [0, 0.1) is 0 Å². The number of aromatic nitrogens is 1. The predicted molar refractivity (Wildman–Crippen MR) is 143 cm³/mol. The van der Waals surface area contributed by atoms with Crippen LogP contribution in [-0.2, 0) is 21.3 Å². The number of amides is 1. The van der Waals surface area contributed by atoms with Crippen molar-refractivity contribution in [2.75, 3.05) is 18.6 Å². The van der Waals surface area contributed by atoms with Crippen LogP contribution in [0.2, 0.25) is 0 Å². The number of aryl methyl sites for hydroxylation is 1. The maximum absolute atomic E-state index is 14.1. The number of carbonyl (C=O) groups is 2. The summed E-state index contributed by atoms with van der Waals surface area (Å²) >= 11 is 0. The molecule has 1 fully saturated rings. The number of rotatable bonds is 3. The summed E-state index contributed by atoms with van der Waals surface area (Å²) < 4.78 is 24.8. The summed E-state index contributed by atoms with van der Waals surface area (Å²) in [5.41, 5.74) is 0.991. The van der Waals surface area contributed by atoms with Crippen molar-refractivity contribution in [2.24, 2.45) is 7.05 Å². The van der Waals surface area contributed by atoms with Gasteiger partial charge in [0.25, 0.3) is 0 Å². The minimum absolute atomic E-state index is 0.198. The van der Waals surface area contributed by atoms with E-state index in [9.17, 15) is 14.4 Å². The molecular formula is C29H28N2O7. The third-order valence-corrected chi connectivity index (χ3v) is 7.51. The van der Waals surface area contributed by atoms with E-state index >= 15 is 0 Å². The molecule has 3 aromatic carbocycles. The summed E-state index contributed by atoms with van der Waals surface area (Å²) in [6.07, 6.45) is -2.34. The average molecular weight is 517 g/mol. The quantitative estimate of drug-likeness (QED) is 0.259. The summed E-state index contributed by atoms with van der Waals surface area (Å²) in [7, 11) is 3.18. The number of hydrogen-bond acceptors (Lipinski definition) is 7. The second kappa shape index (κ2) is 8.37. The molecule has 0 unspecified atom stereocenters. The topological polar surface area (TPSA) is 96.3 Å². The van der Waals surface area contributed by atoms with E-state index in [0.717, 1.165) is 16.3 Å². The number of hydrogen-bond donors (Lipinski definition) is 0. The van der Waals surface area contributed by atoms with Gasteiger partial charge in [-0.2, -0.15) is 0 Å². The Morgan fingerprint density at radius 3 is 2.47 bits per heavy atom. The fourth-order valence-electron chi connectivity index (χ4n) is 5.76. The highest BCUT2D eigenvalue weighted by molar-refractivity contribution is 6.05. The van der Waals surface area contributed by atoms with Gasteiger partial charge in [0.15, 0.2) is 23.4 Å². The highest BCUT2D eigenvalue weighted by Gasteiger charge is 2.55. The molecule has 6 rings (SSSR count). The molecule has 0 aliphatic carbocycles. The monoisotopic (exact) mass is 516 g/mol. The van der Waals surface area contributed by atoms with Crippen LogP contribution >= 0.6 is 0 Å². The number of anilines is 1. The van der Waals surface area contributed by atoms with Gasteiger partial charge in [-0.3, -0.25) is 9.69 Å². The van der Waals surface area contributed by atoms with Gasteiger partial charge in [-0.05, 0) is 49.2 Å². The van der Waals surface area contributed by atoms with Gasteiger partial charge >= 0.3 is 12.2 Å². The molecule has 1 saturated heterocycles. The van der Waals surface area contributed by atoms with Crippen LogP contribution in [0.15, 0.2) is 47.3 Å². The SMILES string of the molecule is CCCN(C(=O)OC)c1cc2c(=O)c3cc4ccccc4cc3n(C)c2c2c1OC(C)(C)[C@H]1OC(=O)O[C@@H]21. The van der Waals surface area contributed by atoms with Gasteiger partial charge in [0.2, 0.25) is 0 Å². The van der Waals surface area contributed by atoms with Gasteiger partial charge in [0.05, 0.1) is 29.4 Å². The molecule has 1 aromatic heterocycles. The van der Waals surface area contributed by atoms with Gasteiger partial charge in [0, 0.05) is 24.4 Å². The van der Waals surface area contributed by atoms with Crippen LogP contribution in [0.4, 0.5) is 15.3 Å². The summed E-state index contributed by atoms with van der Waals surface area (Å²) in [6.45, 7) is 5.88. The van der Waals surface area contributed by atoms with Gasteiger partial charge in [-0.1, -0.05) is 31.2 Å². The molecule has 0 spiro atoms. The lowest BCUT2D eigenvalue weighted by molar-refractivity contribution is -0.0494. The largest absolute Gasteiger partial charge is 0.509 e. The van der Waals surface area contributed by atoms with Crippen LogP contribution in [0.5, 0.6) is 5.75 Å². The summed E-state index contributed by atoms with van der Waals surface area (Å²) in [5, 5.41) is 2.85. The number of pyridine rings is 1. The maximum Gasteiger partial charge on any atom is 0.509 e. The fourth-order valence-corrected chi connectivity index (χ4v) is 5.76. The first kappa shape index (κ1) is 24.1. The van der Waals surface area contributed by atoms with Crippen LogP contribution < -0.4 is 15.1 Å². The lowest BCUT2D eigenvalue weighted by Crippen LogP contribution is -2.48. The zero-order valence-corrected chi connectivity index (χ0v) is 21.9. The summed E-state index contributed by atoms with van der Waals surface area (Å²) in [5.74, 6) is 0.357. The molecule has 9 heteroatoms. The highest BCUT2D eigenvalue weighted by atomic mass is 16.8. The number of benzene rings is 3. The molecular weight excluding hydrogens is 488 g/mol. The maximum atomic E-state index is 14.1. The van der Waals surface area contributed by atoms with E-state index in [1.807, 2.05) is 54.9 Å². The van der Waals surface area contributed by atoms with Gasteiger partial charge in [0.1, 0.15) is 5.60 Å². The number of ether oxygens (including phenoxy) is 4. The van der Waals surface area contributed by atoms with E-state index in [0.29, 0.717) is 46.3 Å². The van der Waals surface area contributed by atoms with Crippen LogP contribution in [-0.4, -0.2) is 42.2 Å². The third-order valence-electron chi connectivity index (χ3n) is 7.51. The molecule has 0 saturated carbocycles. The van der Waals surface area contributed by atoms with Crippen molar-refractivity contribution in [3.8, 4) is 5.75 Å². The van der Waals surface area contributed by atoms with Crippen molar-refractivity contribution in [1.29, 1.82) is 0 Å². The molecule has 2 aliphatic heterocycles. The van der Waals surface area contributed by atoms with E-state index in [1.54, 1.807) is 19.9 Å². The predicted octanol–water partition coefficient (Wildman–Crippen LogP) is 5.58. The Bertz CT molecular complexity index is 1720. The molecule has 0 bridgehead atoms. The Morgan fingerprint density at radius 1 is 1.08 bits per heavy atom. The smallest absolute Gasteiger partial charge is 0.481 e. The van der Waals surface area contributed by atoms with Crippen molar-refractivity contribution >= 4 is 50.5 Å². The van der Waals surface area contributed by atoms with Gasteiger partial charge < -0.3 is 23.5 Å². The molecule has 2 aliphatic rings. The molecule has 4 aromatic rings. The molecule has 196 valence electrons. The Hall–Kier alpha value is -4.27. The van der Waals surface area contributed by atoms with Crippen molar-refractivity contribution in [3.63, 3.8) is 0 Å². The first-order chi connectivity index (χ1) is 18.2.